The largest absolute Gasteiger partial charge is 0.497 e. The van der Waals surface area contributed by atoms with E-state index in [4.69, 9.17) is 9.47 Å². The summed E-state index contributed by atoms with van der Waals surface area (Å²) in [4.78, 5) is 0. The average molecular weight is 285 g/mol. The number of hydrogen-bond acceptors (Lipinski definition) is 5. The minimum absolute atomic E-state index is 0.0810. The van der Waals surface area contributed by atoms with Gasteiger partial charge >= 0.3 is 0 Å². The highest BCUT2D eigenvalue weighted by Gasteiger charge is 2.33. The molecule has 1 saturated heterocycles. The Morgan fingerprint density at radius 3 is 2.58 bits per heavy atom. The Labute approximate surface area is 113 Å². The molecule has 106 valence electrons. The molecule has 1 fully saturated rings. The molecule has 1 aliphatic heterocycles. The Bertz CT molecular complexity index is 556. The predicted octanol–water partition coefficient (Wildman–Crippen LogP) is 1.15. The van der Waals surface area contributed by atoms with Crippen molar-refractivity contribution in [2.45, 2.75) is 18.2 Å². The normalized spacial score (nSPS) is 25.8. The molecule has 0 spiro atoms. The van der Waals surface area contributed by atoms with Crippen molar-refractivity contribution in [1.82, 2.24) is 5.32 Å². The quantitative estimate of drug-likeness (QED) is 0.902. The van der Waals surface area contributed by atoms with Crippen LogP contribution in [0.2, 0.25) is 0 Å². The van der Waals surface area contributed by atoms with Gasteiger partial charge in [0.1, 0.15) is 11.5 Å². The molecule has 2 rings (SSSR count). The number of sulfone groups is 1. The lowest BCUT2D eigenvalue weighted by Gasteiger charge is -2.29. The zero-order valence-electron chi connectivity index (χ0n) is 11.3. The second-order valence-electron chi connectivity index (χ2n) is 4.71. The van der Waals surface area contributed by atoms with Crippen molar-refractivity contribution in [3.63, 3.8) is 0 Å². The Kier molecular flexibility index (Phi) is 4.01. The van der Waals surface area contributed by atoms with Crippen LogP contribution in [0.3, 0.4) is 0 Å². The van der Waals surface area contributed by atoms with Crippen LogP contribution in [0, 0.1) is 0 Å². The number of ether oxygens (including phenoxy) is 2. The van der Waals surface area contributed by atoms with Crippen LogP contribution in [0.25, 0.3) is 0 Å². The second-order valence-corrected chi connectivity index (χ2v) is 7.17. The summed E-state index contributed by atoms with van der Waals surface area (Å²) < 4.78 is 34.5. The molecule has 6 heteroatoms. The fraction of sp³-hybridized carbons (Fsp3) is 0.538. The summed E-state index contributed by atoms with van der Waals surface area (Å²) in [5.41, 5.74) is 0.817. The summed E-state index contributed by atoms with van der Waals surface area (Å²) in [6.07, 6.45) is 0. The first-order valence-electron chi connectivity index (χ1n) is 6.15. The smallest absolute Gasteiger partial charge is 0.156 e. The zero-order chi connectivity index (χ0) is 14.0. The van der Waals surface area contributed by atoms with Gasteiger partial charge in [0.25, 0.3) is 0 Å². The zero-order valence-corrected chi connectivity index (χ0v) is 12.2. The van der Waals surface area contributed by atoms with Crippen LogP contribution in [-0.4, -0.2) is 40.2 Å². The molecule has 1 heterocycles. The van der Waals surface area contributed by atoms with Gasteiger partial charge < -0.3 is 14.8 Å². The Hall–Kier alpha value is -1.27. The first-order chi connectivity index (χ1) is 8.97. The first-order valence-corrected chi connectivity index (χ1v) is 7.86. The highest BCUT2D eigenvalue weighted by atomic mass is 32.2. The molecule has 0 amide bonds. The average Bonchev–Trinajstić information content (AvgIpc) is 2.41. The van der Waals surface area contributed by atoms with Gasteiger partial charge in [-0.05, 0) is 25.1 Å². The van der Waals surface area contributed by atoms with E-state index < -0.39 is 9.84 Å². The van der Waals surface area contributed by atoms with Crippen molar-refractivity contribution in [3.05, 3.63) is 23.8 Å². The lowest BCUT2D eigenvalue weighted by Crippen LogP contribution is -2.44. The van der Waals surface area contributed by atoms with E-state index in [1.807, 2.05) is 6.07 Å². The molecule has 1 aromatic rings. The number of methoxy groups -OCH3 is 2. The fourth-order valence-electron chi connectivity index (χ4n) is 2.20. The minimum atomic E-state index is -3.06. The van der Waals surface area contributed by atoms with Gasteiger partial charge in [-0.1, -0.05) is 0 Å². The Balaban J connectivity index is 2.36. The van der Waals surface area contributed by atoms with Crippen molar-refractivity contribution < 1.29 is 17.9 Å². The van der Waals surface area contributed by atoms with Gasteiger partial charge in [0.15, 0.2) is 9.84 Å². The van der Waals surface area contributed by atoms with Crippen LogP contribution < -0.4 is 14.8 Å². The van der Waals surface area contributed by atoms with Crippen LogP contribution in [0.15, 0.2) is 18.2 Å². The van der Waals surface area contributed by atoms with Gasteiger partial charge in [-0.15, -0.1) is 0 Å². The molecule has 0 aromatic heterocycles. The summed E-state index contributed by atoms with van der Waals surface area (Å²) in [7, 11) is 0.0945. The summed E-state index contributed by atoms with van der Waals surface area (Å²) in [5.74, 6) is 1.44. The van der Waals surface area contributed by atoms with Gasteiger partial charge in [0.2, 0.25) is 0 Å². The van der Waals surface area contributed by atoms with Crippen LogP contribution in [0.5, 0.6) is 11.5 Å². The number of benzene rings is 1. The minimum Gasteiger partial charge on any atom is -0.497 e. The van der Waals surface area contributed by atoms with E-state index in [1.54, 1.807) is 33.3 Å². The SMILES string of the molecule is COc1ccc(OC)c(C2CS(=O)(=O)C(C)CN2)c1. The summed E-state index contributed by atoms with van der Waals surface area (Å²) in [5, 5.41) is 2.91. The maximum Gasteiger partial charge on any atom is 0.156 e. The number of nitrogens with one attached hydrogen (secondary N) is 1. The number of hydrogen-bond donors (Lipinski definition) is 1. The molecule has 2 atom stereocenters. The molecule has 0 saturated carbocycles. The molecular weight excluding hydrogens is 266 g/mol. The Morgan fingerprint density at radius 1 is 1.26 bits per heavy atom. The lowest BCUT2D eigenvalue weighted by atomic mass is 10.1. The molecule has 19 heavy (non-hydrogen) atoms. The van der Waals surface area contributed by atoms with E-state index in [1.165, 1.54) is 0 Å². The Morgan fingerprint density at radius 2 is 2.00 bits per heavy atom. The molecular formula is C13H19NO4S. The van der Waals surface area contributed by atoms with Crippen LogP contribution in [0.1, 0.15) is 18.5 Å². The molecule has 0 radical (unpaired) electrons. The van der Waals surface area contributed by atoms with Gasteiger partial charge in [0, 0.05) is 18.2 Å². The molecule has 0 bridgehead atoms. The van der Waals surface area contributed by atoms with Gasteiger partial charge in [0.05, 0.1) is 25.2 Å². The molecule has 5 nitrogen and oxygen atoms in total. The van der Waals surface area contributed by atoms with Gasteiger partial charge in [-0.3, -0.25) is 0 Å². The third kappa shape index (κ3) is 2.84. The van der Waals surface area contributed by atoms with Crippen molar-refractivity contribution in [2.24, 2.45) is 0 Å². The highest BCUT2D eigenvalue weighted by molar-refractivity contribution is 7.92. The maximum atomic E-state index is 12.0. The van der Waals surface area contributed by atoms with E-state index in [-0.39, 0.29) is 17.0 Å². The van der Waals surface area contributed by atoms with Crippen molar-refractivity contribution >= 4 is 9.84 Å². The van der Waals surface area contributed by atoms with E-state index in [0.717, 1.165) is 5.56 Å². The summed E-state index contributed by atoms with van der Waals surface area (Å²) >= 11 is 0. The first kappa shape index (κ1) is 14.1. The van der Waals surface area contributed by atoms with E-state index in [0.29, 0.717) is 18.0 Å². The van der Waals surface area contributed by atoms with Crippen LogP contribution in [-0.2, 0) is 9.84 Å². The topological polar surface area (TPSA) is 64.6 Å². The fourth-order valence-corrected chi connectivity index (χ4v) is 3.64. The predicted molar refractivity (Wildman–Crippen MR) is 73.5 cm³/mol. The van der Waals surface area contributed by atoms with E-state index in [2.05, 4.69) is 5.32 Å². The lowest BCUT2D eigenvalue weighted by molar-refractivity contribution is 0.390. The number of rotatable bonds is 3. The molecule has 0 aliphatic carbocycles. The van der Waals surface area contributed by atoms with E-state index >= 15 is 0 Å². The van der Waals surface area contributed by atoms with E-state index in [9.17, 15) is 8.42 Å². The molecule has 1 N–H and O–H groups in total. The third-order valence-corrected chi connectivity index (χ3v) is 5.67. The van der Waals surface area contributed by atoms with Crippen molar-refractivity contribution in [1.29, 1.82) is 0 Å². The molecule has 1 aliphatic rings. The highest BCUT2D eigenvalue weighted by Crippen LogP contribution is 2.32. The molecule has 1 aromatic carbocycles. The van der Waals surface area contributed by atoms with Crippen molar-refractivity contribution in [2.75, 3.05) is 26.5 Å². The van der Waals surface area contributed by atoms with Gasteiger partial charge in [-0.2, -0.15) is 0 Å². The third-order valence-electron chi connectivity index (χ3n) is 3.48. The monoisotopic (exact) mass is 285 g/mol. The standard InChI is InChI=1S/C13H19NO4S/c1-9-7-14-12(8-19(9,15)16)11-6-10(17-2)4-5-13(11)18-3/h4-6,9,12,14H,7-8H2,1-3H3. The second kappa shape index (κ2) is 5.38. The summed E-state index contributed by atoms with van der Waals surface area (Å²) in [6, 6.07) is 5.15. The molecule has 2 unspecified atom stereocenters. The van der Waals surface area contributed by atoms with Gasteiger partial charge in [-0.25, -0.2) is 8.42 Å². The van der Waals surface area contributed by atoms with Crippen molar-refractivity contribution in [3.8, 4) is 11.5 Å². The van der Waals surface area contributed by atoms with Crippen LogP contribution in [0.4, 0.5) is 0 Å². The maximum absolute atomic E-state index is 12.0. The van der Waals surface area contributed by atoms with Crippen LogP contribution >= 0.6 is 0 Å². The summed E-state index contributed by atoms with van der Waals surface area (Å²) in [6.45, 7) is 2.18.